The summed E-state index contributed by atoms with van der Waals surface area (Å²) in [5.74, 6) is -0.127. The van der Waals surface area contributed by atoms with Crippen molar-refractivity contribution in [2.75, 3.05) is 27.2 Å². The lowest BCUT2D eigenvalue weighted by molar-refractivity contribution is 0.0951. The molecule has 0 aliphatic rings. The molecule has 96 valence electrons. The van der Waals surface area contributed by atoms with Crippen molar-refractivity contribution in [3.63, 3.8) is 0 Å². The lowest BCUT2D eigenvalue weighted by atomic mass is 10.2. The van der Waals surface area contributed by atoms with Crippen molar-refractivity contribution in [2.24, 2.45) is 0 Å². The third kappa shape index (κ3) is 3.00. The zero-order chi connectivity index (χ0) is 13.1. The number of nitrogens with one attached hydrogen (secondary N) is 1. The van der Waals surface area contributed by atoms with E-state index in [4.69, 9.17) is 16.0 Å². The van der Waals surface area contributed by atoms with Crippen molar-refractivity contribution >= 4 is 28.6 Å². The molecule has 0 bridgehead atoms. The van der Waals surface area contributed by atoms with Crippen molar-refractivity contribution in [1.29, 1.82) is 0 Å². The predicted molar refractivity (Wildman–Crippen MR) is 69.9 cm³/mol. The van der Waals surface area contributed by atoms with E-state index in [1.165, 1.54) is 0 Å². The van der Waals surface area contributed by atoms with Gasteiger partial charge in [0, 0.05) is 18.7 Å². The summed E-state index contributed by atoms with van der Waals surface area (Å²) in [5.41, 5.74) is 1.70. The number of benzene rings is 1. The maximum Gasteiger partial charge on any atom is 0.293 e. The Morgan fingerprint density at radius 2 is 2.28 bits per heavy atom. The van der Waals surface area contributed by atoms with E-state index in [1.54, 1.807) is 18.2 Å². The molecule has 0 atom stereocenters. The molecule has 1 amide bonds. The highest BCUT2D eigenvalue weighted by Gasteiger charge is 2.09. The first kappa shape index (κ1) is 12.9. The molecule has 1 aromatic carbocycles. The highest BCUT2D eigenvalue weighted by atomic mass is 35.5. The molecule has 0 spiro atoms. The molecule has 0 unspecified atom stereocenters. The lowest BCUT2D eigenvalue weighted by Gasteiger charge is -2.10. The van der Waals surface area contributed by atoms with Crippen LogP contribution in [-0.2, 0) is 0 Å². The van der Waals surface area contributed by atoms with E-state index in [0.717, 1.165) is 6.54 Å². The number of nitrogens with zero attached hydrogens (tertiary/aromatic N) is 2. The second-order valence-electron chi connectivity index (χ2n) is 4.21. The van der Waals surface area contributed by atoms with E-state index < -0.39 is 0 Å². The first-order chi connectivity index (χ1) is 8.56. The average molecular weight is 268 g/mol. The number of fused-ring (bicyclic) bond motifs is 1. The minimum atomic E-state index is -0.127. The Labute approximate surface area is 110 Å². The van der Waals surface area contributed by atoms with Crippen LogP contribution in [0.4, 0.5) is 0 Å². The van der Waals surface area contributed by atoms with Crippen LogP contribution in [0.15, 0.2) is 22.6 Å². The fourth-order valence-corrected chi connectivity index (χ4v) is 1.71. The van der Waals surface area contributed by atoms with Gasteiger partial charge in [0.15, 0.2) is 5.58 Å². The summed E-state index contributed by atoms with van der Waals surface area (Å²) in [4.78, 5) is 17.8. The Kier molecular flexibility index (Phi) is 3.84. The van der Waals surface area contributed by atoms with Crippen LogP contribution in [0.25, 0.3) is 11.1 Å². The number of hydrogen-bond donors (Lipinski definition) is 1. The van der Waals surface area contributed by atoms with Crippen molar-refractivity contribution < 1.29 is 9.21 Å². The average Bonchev–Trinajstić information content (AvgIpc) is 2.67. The summed E-state index contributed by atoms with van der Waals surface area (Å²) in [6.45, 7) is 1.40. The van der Waals surface area contributed by atoms with Crippen LogP contribution in [0, 0.1) is 0 Å². The highest BCUT2D eigenvalue weighted by molar-refractivity contribution is 6.28. The van der Waals surface area contributed by atoms with Gasteiger partial charge < -0.3 is 14.6 Å². The van der Waals surface area contributed by atoms with E-state index >= 15 is 0 Å². The molecule has 0 saturated carbocycles. The van der Waals surface area contributed by atoms with Gasteiger partial charge in [0.2, 0.25) is 0 Å². The fourth-order valence-electron chi connectivity index (χ4n) is 1.54. The van der Waals surface area contributed by atoms with Gasteiger partial charge >= 0.3 is 0 Å². The molecular weight excluding hydrogens is 254 g/mol. The second-order valence-corrected chi connectivity index (χ2v) is 4.53. The third-order valence-electron chi connectivity index (χ3n) is 2.47. The van der Waals surface area contributed by atoms with Crippen LogP contribution in [-0.4, -0.2) is 43.0 Å². The molecule has 0 aliphatic heterocycles. The lowest BCUT2D eigenvalue weighted by Crippen LogP contribution is -2.31. The van der Waals surface area contributed by atoms with E-state index in [2.05, 4.69) is 10.3 Å². The maximum absolute atomic E-state index is 11.9. The smallest absolute Gasteiger partial charge is 0.293 e. The molecule has 1 N–H and O–H groups in total. The Balaban J connectivity index is 2.08. The van der Waals surface area contributed by atoms with Crippen molar-refractivity contribution in [1.82, 2.24) is 15.2 Å². The van der Waals surface area contributed by atoms with Gasteiger partial charge in [-0.15, -0.1) is 0 Å². The Morgan fingerprint density at radius 3 is 3.00 bits per heavy atom. The van der Waals surface area contributed by atoms with Crippen molar-refractivity contribution in [3.05, 3.63) is 29.1 Å². The van der Waals surface area contributed by atoms with Crippen LogP contribution in [0.2, 0.25) is 5.35 Å². The SMILES string of the molecule is CN(C)CCNC(=O)c1ccc2oc(Cl)nc2c1. The molecule has 6 heteroatoms. The summed E-state index contributed by atoms with van der Waals surface area (Å²) < 4.78 is 5.13. The van der Waals surface area contributed by atoms with Gasteiger partial charge in [-0.3, -0.25) is 4.79 Å². The zero-order valence-electron chi connectivity index (χ0n) is 10.2. The Bertz CT molecular complexity index is 565. The minimum absolute atomic E-state index is 0.0789. The monoisotopic (exact) mass is 267 g/mol. The van der Waals surface area contributed by atoms with Gasteiger partial charge in [0.05, 0.1) is 0 Å². The van der Waals surface area contributed by atoms with Crippen molar-refractivity contribution in [2.45, 2.75) is 0 Å². The van der Waals surface area contributed by atoms with Gasteiger partial charge in [0.1, 0.15) is 5.52 Å². The van der Waals surface area contributed by atoms with E-state index in [9.17, 15) is 4.79 Å². The van der Waals surface area contributed by atoms with Crippen LogP contribution < -0.4 is 5.32 Å². The van der Waals surface area contributed by atoms with E-state index in [0.29, 0.717) is 23.2 Å². The first-order valence-corrected chi connectivity index (χ1v) is 5.93. The summed E-state index contributed by atoms with van der Waals surface area (Å²) >= 11 is 5.65. The number of amides is 1. The first-order valence-electron chi connectivity index (χ1n) is 5.55. The van der Waals surface area contributed by atoms with Crippen LogP contribution >= 0.6 is 11.6 Å². The zero-order valence-corrected chi connectivity index (χ0v) is 11.0. The Morgan fingerprint density at radius 1 is 1.50 bits per heavy atom. The summed E-state index contributed by atoms with van der Waals surface area (Å²) in [5, 5.41) is 2.91. The van der Waals surface area contributed by atoms with Gasteiger partial charge in [-0.2, -0.15) is 4.98 Å². The largest absolute Gasteiger partial charge is 0.428 e. The molecule has 1 aromatic heterocycles. The quantitative estimate of drug-likeness (QED) is 0.917. The molecule has 1 heterocycles. The van der Waals surface area contributed by atoms with Gasteiger partial charge in [-0.25, -0.2) is 0 Å². The van der Waals surface area contributed by atoms with Gasteiger partial charge in [-0.1, -0.05) is 0 Å². The van der Waals surface area contributed by atoms with Gasteiger partial charge in [-0.05, 0) is 43.9 Å². The number of rotatable bonds is 4. The maximum atomic E-state index is 11.9. The number of carbonyl (C=O) groups excluding carboxylic acids is 1. The number of aromatic nitrogens is 1. The number of halogens is 1. The van der Waals surface area contributed by atoms with Crippen LogP contribution in [0.1, 0.15) is 10.4 Å². The molecule has 0 fully saturated rings. The number of oxazole rings is 1. The Hall–Kier alpha value is -1.59. The van der Waals surface area contributed by atoms with Crippen LogP contribution in [0.5, 0.6) is 0 Å². The predicted octanol–water partition coefficient (Wildman–Crippen LogP) is 1.77. The summed E-state index contributed by atoms with van der Waals surface area (Å²) in [6.07, 6.45) is 0. The topological polar surface area (TPSA) is 58.4 Å². The van der Waals surface area contributed by atoms with E-state index in [-0.39, 0.29) is 11.3 Å². The van der Waals surface area contributed by atoms with E-state index in [1.807, 2.05) is 19.0 Å². The molecule has 5 nitrogen and oxygen atoms in total. The standard InChI is InChI=1S/C12H14ClN3O2/c1-16(2)6-5-14-11(17)8-3-4-10-9(7-8)15-12(13)18-10/h3-4,7H,5-6H2,1-2H3,(H,14,17). The molecule has 18 heavy (non-hydrogen) atoms. The molecule has 2 aromatic rings. The van der Waals surface area contributed by atoms with Gasteiger partial charge in [0.25, 0.3) is 11.3 Å². The third-order valence-corrected chi connectivity index (χ3v) is 2.63. The highest BCUT2D eigenvalue weighted by Crippen LogP contribution is 2.19. The molecule has 0 saturated heterocycles. The minimum Gasteiger partial charge on any atom is -0.428 e. The molecule has 0 radical (unpaired) electrons. The number of hydrogen-bond acceptors (Lipinski definition) is 4. The summed E-state index contributed by atoms with van der Waals surface area (Å²) in [7, 11) is 3.91. The van der Waals surface area contributed by atoms with Crippen LogP contribution in [0.3, 0.4) is 0 Å². The molecular formula is C12H14ClN3O2. The second kappa shape index (κ2) is 5.37. The fraction of sp³-hybridized carbons (Fsp3) is 0.333. The number of likely N-dealkylation sites (N-methyl/N-ethyl adjacent to an activating group) is 1. The molecule has 0 aliphatic carbocycles. The molecule has 2 rings (SSSR count). The normalized spacial score (nSPS) is 11.1. The summed E-state index contributed by atoms with van der Waals surface area (Å²) in [6, 6.07) is 5.04. The van der Waals surface area contributed by atoms with Crippen molar-refractivity contribution in [3.8, 4) is 0 Å². The number of carbonyl (C=O) groups is 1.